The van der Waals surface area contributed by atoms with E-state index in [1.54, 1.807) is 37.4 Å². The summed E-state index contributed by atoms with van der Waals surface area (Å²) in [6.45, 7) is 2.75. The molecular weight excluding hydrogens is 318 g/mol. The van der Waals surface area contributed by atoms with Crippen LogP contribution in [0, 0.1) is 5.92 Å². The molecule has 2 aromatic rings. The second-order valence-electron chi connectivity index (χ2n) is 6.59. The standard InChI is InChI=1S/C20H23NO4/c1-25-19-7-6-18(22)11-17(19)13-21-9-8-15(12-21)10-14-2-4-16(5-3-14)20(23)24/h2-7,11,15,22H,8-10,12-13H2,1H3,(H,23,24)/t15-/m0/s1. The van der Waals surface area contributed by atoms with Crippen LogP contribution in [0.15, 0.2) is 42.5 Å². The van der Waals surface area contributed by atoms with E-state index in [-0.39, 0.29) is 5.75 Å². The second kappa shape index (κ2) is 7.57. The summed E-state index contributed by atoms with van der Waals surface area (Å²) >= 11 is 0. The molecule has 0 radical (unpaired) electrons. The molecule has 1 fully saturated rings. The molecule has 1 aliphatic heterocycles. The predicted molar refractivity (Wildman–Crippen MR) is 95.1 cm³/mol. The number of aromatic carboxylic acids is 1. The van der Waals surface area contributed by atoms with Crippen molar-refractivity contribution in [3.8, 4) is 11.5 Å². The average molecular weight is 341 g/mol. The van der Waals surface area contributed by atoms with E-state index in [1.807, 2.05) is 12.1 Å². The summed E-state index contributed by atoms with van der Waals surface area (Å²) in [6.07, 6.45) is 2.06. The van der Waals surface area contributed by atoms with Gasteiger partial charge in [-0.15, -0.1) is 0 Å². The Morgan fingerprint density at radius 2 is 2.00 bits per heavy atom. The van der Waals surface area contributed by atoms with Gasteiger partial charge in [-0.1, -0.05) is 12.1 Å². The van der Waals surface area contributed by atoms with Gasteiger partial charge in [-0.2, -0.15) is 0 Å². The molecule has 0 unspecified atom stereocenters. The zero-order valence-electron chi connectivity index (χ0n) is 14.3. The van der Waals surface area contributed by atoms with Gasteiger partial charge in [0.15, 0.2) is 0 Å². The molecular formula is C20H23NO4. The monoisotopic (exact) mass is 341 g/mol. The fourth-order valence-corrected chi connectivity index (χ4v) is 3.47. The topological polar surface area (TPSA) is 70.0 Å². The number of benzene rings is 2. The molecule has 0 spiro atoms. The third kappa shape index (κ3) is 4.31. The summed E-state index contributed by atoms with van der Waals surface area (Å²) in [7, 11) is 1.64. The molecule has 2 N–H and O–H groups in total. The molecule has 0 aliphatic carbocycles. The predicted octanol–water partition coefficient (Wildman–Crippen LogP) is 3.16. The lowest BCUT2D eigenvalue weighted by Crippen LogP contribution is -2.21. The molecule has 5 heteroatoms. The maximum atomic E-state index is 10.9. The smallest absolute Gasteiger partial charge is 0.335 e. The number of carbonyl (C=O) groups is 1. The van der Waals surface area contributed by atoms with Crippen LogP contribution in [-0.2, 0) is 13.0 Å². The van der Waals surface area contributed by atoms with E-state index in [4.69, 9.17) is 9.84 Å². The lowest BCUT2D eigenvalue weighted by atomic mass is 9.98. The highest BCUT2D eigenvalue weighted by atomic mass is 16.5. The van der Waals surface area contributed by atoms with Crippen molar-refractivity contribution in [2.75, 3.05) is 20.2 Å². The molecule has 1 saturated heterocycles. The molecule has 132 valence electrons. The van der Waals surface area contributed by atoms with E-state index in [0.717, 1.165) is 43.8 Å². The summed E-state index contributed by atoms with van der Waals surface area (Å²) in [5.74, 6) is 0.716. The van der Waals surface area contributed by atoms with Crippen LogP contribution in [0.5, 0.6) is 11.5 Å². The lowest BCUT2D eigenvalue weighted by molar-refractivity contribution is 0.0697. The van der Waals surface area contributed by atoms with Crippen LogP contribution >= 0.6 is 0 Å². The number of hydrogen-bond acceptors (Lipinski definition) is 4. The van der Waals surface area contributed by atoms with Crippen molar-refractivity contribution in [2.45, 2.75) is 19.4 Å². The fourth-order valence-electron chi connectivity index (χ4n) is 3.47. The van der Waals surface area contributed by atoms with Gasteiger partial charge in [0.2, 0.25) is 0 Å². The van der Waals surface area contributed by atoms with Crippen LogP contribution in [0.2, 0.25) is 0 Å². The maximum absolute atomic E-state index is 10.9. The number of hydrogen-bond donors (Lipinski definition) is 2. The van der Waals surface area contributed by atoms with Gasteiger partial charge >= 0.3 is 5.97 Å². The average Bonchev–Trinajstić information content (AvgIpc) is 3.02. The number of phenolic OH excluding ortho intramolecular Hbond substituents is 1. The molecule has 1 aliphatic rings. The van der Waals surface area contributed by atoms with Crippen molar-refractivity contribution in [1.29, 1.82) is 0 Å². The first kappa shape index (κ1) is 17.3. The molecule has 5 nitrogen and oxygen atoms in total. The Morgan fingerprint density at radius 1 is 1.24 bits per heavy atom. The number of nitrogens with zero attached hydrogens (tertiary/aromatic N) is 1. The van der Waals surface area contributed by atoms with Gasteiger partial charge in [0.1, 0.15) is 11.5 Å². The zero-order chi connectivity index (χ0) is 17.8. The van der Waals surface area contributed by atoms with E-state index in [2.05, 4.69) is 4.90 Å². The summed E-state index contributed by atoms with van der Waals surface area (Å²) in [5.41, 5.74) is 2.49. The van der Waals surface area contributed by atoms with Crippen molar-refractivity contribution >= 4 is 5.97 Å². The fraction of sp³-hybridized carbons (Fsp3) is 0.350. The van der Waals surface area contributed by atoms with E-state index in [1.165, 1.54) is 5.56 Å². The molecule has 0 saturated carbocycles. The Hall–Kier alpha value is -2.53. The van der Waals surface area contributed by atoms with Gasteiger partial charge in [-0.25, -0.2) is 4.79 Å². The first-order valence-electron chi connectivity index (χ1n) is 8.45. The van der Waals surface area contributed by atoms with Crippen LogP contribution in [0.4, 0.5) is 0 Å². The molecule has 1 heterocycles. The van der Waals surface area contributed by atoms with Crippen molar-refractivity contribution in [2.24, 2.45) is 5.92 Å². The van der Waals surface area contributed by atoms with E-state index < -0.39 is 5.97 Å². The van der Waals surface area contributed by atoms with Crippen molar-refractivity contribution in [3.63, 3.8) is 0 Å². The first-order valence-corrected chi connectivity index (χ1v) is 8.45. The number of carboxylic acids is 1. The number of likely N-dealkylation sites (tertiary alicyclic amines) is 1. The summed E-state index contributed by atoms with van der Waals surface area (Å²) < 4.78 is 5.38. The quantitative estimate of drug-likeness (QED) is 0.844. The van der Waals surface area contributed by atoms with Crippen molar-refractivity contribution in [1.82, 2.24) is 4.90 Å². The minimum atomic E-state index is -0.890. The van der Waals surface area contributed by atoms with Gasteiger partial charge in [-0.3, -0.25) is 4.90 Å². The van der Waals surface area contributed by atoms with E-state index in [9.17, 15) is 9.90 Å². The molecule has 1 atom stereocenters. The SMILES string of the molecule is COc1ccc(O)cc1CN1CC[C@@H](Cc2ccc(C(=O)O)cc2)C1. The van der Waals surface area contributed by atoms with Crippen LogP contribution < -0.4 is 4.74 Å². The van der Waals surface area contributed by atoms with Gasteiger partial charge in [0, 0.05) is 18.7 Å². The van der Waals surface area contributed by atoms with Crippen LogP contribution in [-0.4, -0.2) is 41.3 Å². The van der Waals surface area contributed by atoms with Gasteiger partial charge < -0.3 is 14.9 Å². The highest BCUT2D eigenvalue weighted by molar-refractivity contribution is 5.87. The van der Waals surface area contributed by atoms with Gasteiger partial charge in [0.25, 0.3) is 0 Å². The first-order chi connectivity index (χ1) is 12.0. The third-order valence-electron chi connectivity index (χ3n) is 4.75. The number of methoxy groups -OCH3 is 1. The van der Waals surface area contributed by atoms with Crippen molar-refractivity contribution in [3.05, 3.63) is 59.2 Å². The normalized spacial score (nSPS) is 17.6. The Labute approximate surface area is 147 Å². The molecule has 3 rings (SSSR count). The number of ether oxygens (including phenoxy) is 1. The molecule has 0 bridgehead atoms. The Balaban J connectivity index is 1.58. The summed E-state index contributed by atoms with van der Waals surface area (Å²) in [6, 6.07) is 12.3. The maximum Gasteiger partial charge on any atom is 0.335 e. The molecule has 2 aromatic carbocycles. The number of rotatable bonds is 6. The third-order valence-corrected chi connectivity index (χ3v) is 4.75. The van der Waals surface area contributed by atoms with E-state index in [0.29, 0.717) is 11.5 Å². The van der Waals surface area contributed by atoms with Crippen LogP contribution in [0.25, 0.3) is 0 Å². The van der Waals surface area contributed by atoms with E-state index >= 15 is 0 Å². The van der Waals surface area contributed by atoms with Gasteiger partial charge in [0.05, 0.1) is 12.7 Å². The number of phenols is 1. The highest BCUT2D eigenvalue weighted by Crippen LogP contribution is 2.28. The largest absolute Gasteiger partial charge is 0.508 e. The Bertz CT molecular complexity index is 742. The number of aromatic hydroxyl groups is 1. The van der Waals surface area contributed by atoms with Crippen molar-refractivity contribution < 1.29 is 19.7 Å². The summed E-state index contributed by atoms with van der Waals surface area (Å²) in [4.78, 5) is 13.3. The minimum absolute atomic E-state index is 0.255. The molecule has 25 heavy (non-hydrogen) atoms. The Morgan fingerprint density at radius 3 is 2.68 bits per heavy atom. The van der Waals surface area contributed by atoms with Crippen LogP contribution in [0.3, 0.4) is 0 Å². The molecule has 0 aromatic heterocycles. The zero-order valence-corrected chi connectivity index (χ0v) is 14.3. The van der Waals surface area contributed by atoms with Gasteiger partial charge in [-0.05, 0) is 61.2 Å². The van der Waals surface area contributed by atoms with Crippen LogP contribution in [0.1, 0.15) is 27.9 Å². The minimum Gasteiger partial charge on any atom is -0.508 e. The highest BCUT2D eigenvalue weighted by Gasteiger charge is 2.23. The Kier molecular flexibility index (Phi) is 5.24. The summed E-state index contributed by atoms with van der Waals surface area (Å²) in [5, 5.41) is 18.7. The second-order valence-corrected chi connectivity index (χ2v) is 6.59. The number of carboxylic acid groups (broad SMARTS) is 1. The lowest BCUT2D eigenvalue weighted by Gasteiger charge is -2.18. The molecule has 0 amide bonds.